The van der Waals surface area contributed by atoms with Crippen LogP contribution in [-0.4, -0.2) is 24.4 Å². The van der Waals surface area contributed by atoms with Crippen LogP contribution in [-0.2, 0) is 9.53 Å². The van der Waals surface area contributed by atoms with Crippen molar-refractivity contribution in [1.29, 1.82) is 0 Å². The quantitative estimate of drug-likeness (QED) is 0.123. The minimum absolute atomic E-state index is 0.146. The third-order valence-corrected chi connectivity index (χ3v) is 7.55. The SMILES string of the molecule is CCOc1cc(/C=C2\N=C(c3ccc(I)c(Br)c3)OC2=O)cc(Br)c1OC(=O)c1ccccc1. The molecule has 4 rings (SSSR count). The molecule has 0 amide bonds. The van der Waals surface area contributed by atoms with Crippen LogP contribution in [0.4, 0.5) is 0 Å². The molecule has 0 saturated heterocycles. The molecule has 172 valence electrons. The molecular weight excluding hydrogens is 681 g/mol. The van der Waals surface area contributed by atoms with E-state index in [4.69, 9.17) is 14.2 Å². The van der Waals surface area contributed by atoms with E-state index in [9.17, 15) is 9.59 Å². The predicted molar refractivity (Wildman–Crippen MR) is 144 cm³/mol. The summed E-state index contributed by atoms with van der Waals surface area (Å²) in [6.45, 7) is 2.18. The zero-order chi connectivity index (χ0) is 24.2. The van der Waals surface area contributed by atoms with Crippen LogP contribution in [0.2, 0.25) is 0 Å². The lowest BCUT2D eigenvalue weighted by molar-refractivity contribution is -0.129. The number of esters is 2. The summed E-state index contributed by atoms with van der Waals surface area (Å²) in [5.41, 5.74) is 1.87. The lowest BCUT2D eigenvalue weighted by atomic mass is 10.1. The Labute approximate surface area is 226 Å². The molecular formula is C25H16Br2INO5. The molecule has 0 saturated carbocycles. The van der Waals surface area contributed by atoms with Gasteiger partial charge in [0.2, 0.25) is 5.90 Å². The second-order valence-corrected chi connectivity index (χ2v) is 9.85. The average Bonchev–Trinajstić information content (AvgIpc) is 3.18. The highest BCUT2D eigenvalue weighted by atomic mass is 127. The molecule has 34 heavy (non-hydrogen) atoms. The summed E-state index contributed by atoms with van der Waals surface area (Å²) in [5, 5.41) is 0. The molecule has 1 aliphatic rings. The van der Waals surface area contributed by atoms with Crippen LogP contribution in [0.3, 0.4) is 0 Å². The van der Waals surface area contributed by atoms with Crippen molar-refractivity contribution in [1.82, 2.24) is 0 Å². The van der Waals surface area contributed by atoms with Crippen LogP contribution >= 0.6 is 54.5 Å². The van der Waals surface area contributed by atoms with Gasteiger partial charge in [-0.15, -0.1) is 0 Å². The normalized spacial score (nSPS) is 14.1. The Morgan fingerprint density at radius 3 is 2.56 bits per heavy atom. The van der Waals surface area contributed by atoms with Gasteiger partial charge in [-0.2, -0.15) is 0 Å². The molecule has 0 unspecified atom stereocenters. The Balaban J connectivity index is 1.65. The summed E-state index contributed by atoms with van der Waals surface area (Å²) < 4.78 is 19.1. The fourth-order valence-electron chi connectivity index (χ4n) is 3.08. The number of aliphatic imine (C=N–C) groups is 1. The number of carbonyl (C=O) groups excluding carboxylic acids is 2. The van der Waals surface area contributed by atoms with Crippen molar-refractivity contribution in [2.75, 3.05) is 6.61 Å². The molecule has 0 N–H and O–H groups in total. The second kappa shape index (κ2) is 10.8. The maximum atomic E-state index is 12.6. The van der Waals surface area contributed by atoms with Crippen LogP contribution in [0.15, 0.2) is 80.3 Å². The van der Waals surface area contributed by atoms with Gasteiger partial charge in [0, 0.05) is 13.6 Å². The number of benzene rings is 3. The van der Waals surface area contributed by atoms with E-state index in [0.717, 1.165) is 8.04 Å². The lowest BCUT2D eigenvalue weighted by Crippen LogP contribution is -2.10. The van der Waals surface area contributed by atoms with Crippen molar-refractivity contribution >= 4 is 78.4 Å². The third kappa shape index (κ3) is 5.59. The van der Waals surface area contributed by atoms with Gasteiger partial charge in [-0.05, 0) is 115 Å². The summed E-state index contributed by atoms with van der Waals surface area (Å²) >= 11 is 9.13. The zero-order valence-electron chi connectivity index (χ0n) is 17.7. The highest BCUT2D eigenvalue weighted by Gasteiger charge is 2.25. The highest BCUT2D eigenvalue weighted by Crippen LogP contribution is 2.38. The molecule has 0 fully saturated rings. The zero-order valence-corrected chi connectivity index (χ0v) is 23.0. The lowest BCUT2D eigenvalue weighted by Gasteiger charge is -2.13. The number of nitrogens with zero attached hydrogens (tertiary/aromatic N) is 1. The van der Waals surface area contributed by atoms with Crippen LogP contribution in [0.5, 0.6) is 11.5 Å². The Bertz CT molecular complexity index is 1340. The Morgan fingerprint density at radius 1 is 1.09 bits per heavy atom. The summed E-state index contributed by atoms with van der Waals surface area (Å²) in [4.78, 5) is 29.4. The maximum Gasteiger partial charge on any atom is 0.363 e. The van der Waals surface area contributed by atoms with Gasteiger partial charge in [-0.25, -0.2) is 14.6 Å². The summed E-state index contributed by atoms with van der Waals surface area (Å²) in [5.74, 6) is -0.236. The van der Waals surface area contributed by atoms with E-state index in [1.54, 1.807) is 42.5 Å². The first-order valence-corrected chi connectivity index (χ1v) is 12.7. The Kier molecular flexibility index (Phi) is 7.84. The topological polar surface area (TPSA) is 74.2 Å². The first-order valence-electron chi connectivity index (χ1n) is 10.1. The largest absolute Gasteiger partial charge is 0.490 e. The van der Waals surface area contributed by atoms with Crippen molar-refractivity contribution in [3.8, 4) is 11.5 Å². The Morgan fingerprint density at radius 2 is 1.85 bits per heavy atom. The van der Waals surface area contributed by atoms with E-state index < -0.39 is 11.9 Å². The van der Waals surface area contributed by atoms with Gasteiger partial charge in [0.25, 0.3) is 0 Å². The monoisotopic (exact) mass is 695 g/mol. The van der Waals surface area contributed by atoms with Gasteiger partial charge in [-0.3, -0.25) is 0 Å². The van der Waals surface area contributed by atoms with Gasteiger partial charge in [0.1, 0.15) is 0 Å². The molecule has 0 radical (unpaired) electrons. The molecule has 6 nitrogen and oxygen atoms in total. The molecule has 0 spiro atoms. The molecule has 9 heteroatoms. The van der Waals surface area contributed by atoms with Gasteiger partial charge < -0.3 is 14.2 Å². The fourth-order valence-corrected chi connectivity index (χ4v) is 4.33. The van der Waals surface area contributed by atoms with E-state index in [1.807, 2.05) is 31.2 Å². The minimum Gasteiger partial charge on any atom is -0.490 e. The third-order valence-electron chi connectivity index (χ3n) is 4.63. The van der Waals surface area contributed by atoms with Crippen LogP contribution in [0, 0.1) is 3.57 Å². The predicted octanol–water partition coefficient (Wildman–Crippen LogP) is 6.78. The van der Waals surface area contributed by atoms with E-state index in [2.05, 4.69) is 59.4 Å². The molecule has 0 aliphatic carbocycles. The van der Waals surface area contributed by atoms with Gasteiger partial charge >= 0.3 is 11.9 Å². The standard InChI is InChI=1S/C25H16Br2INO5/c1-2-32-21-12-14(10-18(27)22(21)33-24(30)15-6-4-3-5-7-15)11-20-25(31)34-23(29-20)16-8-9-19(28)17(26)13-16/h3-13H,2H2,1H3/b20-11-. The molecule has 1 aliphatic heterocycles. The number of ether oxygens (including phenoxy) is 3. The summed E-state index contributed by atoms with van der Waals surface area (Å²) in [6, 6.07) is 17.6. The van der Waals surface area contributed by atoms with E-state index >= 15 is 0 Å². The number of hydrogen-bond donors (Lipinski definition) is 0. The van der Waals surface area contributed by atoms with E-state index in [0.29, 0.717) is 33.5 Å². The fraction of sp³-hybridized carbons (Fsp3) is 0.0800. The van der Waals surface area contributed by atoms with E-state index in [-0.39, 0.29) is 17.3 Å². The first kappa shape index (κ1) is 24.6. The van der Waals surface area contributed by atoms with Gasteiger partial charge in [-0.1, -0.05) is 18.2 Å². The minimum atomic E-state index is -0.557. The van der Waals surface area contributed by atoms with Gasteiger partial charge in [0.15, 0.2) is 17.2 Å². The van der Waals surface area contributed by atoms with Crippen molar-refractivity contribution < 1.29 is 23.8 Å². The average molecular weight is 697 g/mol. The molecule has 1 heterocycles. The highest BCUT2D eigenvalue weighted by molar-refractivity contribution is 14.1. The van der Waals surface area contributed by atoms with Gasteiger partial charge in [0.05, 0.1) is 16.6 Å². The van der Waals surface area contributed by atoms with Crippen molar-refractivity contribution in [3.63, 3.8) is 0 Å². The molecule has 3 aromatic rings. The molecule has 0 bridgehead atoms. The molecule has 0 aromatic heterocycles. The summed E-state index contributed by atoms with van der Waals surface area (Å²) in [6.07, 6.45) is 1.59. The number of hydrogen-bond acceptors (Lipinski definition) is 6. The van der Waals surface area contributed by atoms with Crippen molar-refractivity contribution in [3.05, 3.63) is 95.6 Å². The van der Waals surface area contributed by atoms with Crippen molar-refractivity contribution in [2.24, 2.45) is 4.99 Å². The molecule has 3 aromatic carbocycles. The maximum absolute atomic E-state index is 12.6. The Hall–Kier alpha value is -2.50. The number of cyclic esters (lactones) is 1. The first-order chi connectivity index (χ1) is 16.4. The summed E-state index contributed by atoms with van der Waals surface area (Å²) in [7, 11) is 0. The number of rotatable bonds is 6. The van der Waals surface area contributed by atoms with Crippen LogP contribution in [0.1, 0.15) is 28.4 Å². The van der Waals surface area contributed by atoms with E-state index in [1.165, 1.54) is 0 Å². The smallest absolute Gasteiger partial charge is 0.363 e. The number of halogens is 3. The second-order valence-electron chi connectivity index (χ2n) is 6.98. The number of carbonyl (C=O) groups is 2. The van der Waals surface area contributed by atoms with Crippen molar-refractivity contribution in [2.45, 2.75) is 6.92 Å². The van der Waals surface area contributed by atoms with Crippen LogP contribution < -0.4 is 9.47 Å². The van der Waals surface area contributed by atoms with Crippen LogP contribution in [0.25, 0.3) is 6.08 Å². The molecule has 0 atom stereocenters.